The molecule has 1 amide bonds. The zero-order chi connectivity index (χ0) is 17.7. The molecule has 128 valence electrons. The van der Waals surface area contributed by atoms with Crippen LogP contribution in [-0.4, -0.2) is 18.0 Å². The maximum absolute atomic E-state index is 12.4. The van der Waals surface area contributed by atoms with Crippen LogP contribution in [0.5, 0.6) is 0 Å². The maximum Gasteiger partial charge on any atom is 0.341 e. The predicted octanol–water partition coefficient (Wildman–Crippen LogP) is 4.90. The van der Waals surface area contributed by atoms with Gasteiger partial charge in [-0.05, 0) is 50.3 Å². The SMILES string of the molecule is CCc1c(C)sc(NC(=O)/C=C\c2cccs2)c1C(=O)OC(C)C. The highest BCUT2D eigenvalue weighted by Gasteiger charge is 2.23. The van der Waals surface area contributed by atoms with Crippen LogP contribution in [0.25, 0.3) is 6.08 Å². The molecule has 0 unspecified atom stereocenters. The van der Waals surface area contributed by atoms with Crippen molar-refractivity contribution in [1.29, 1.82) is 0 Å². The van der Waals surface area contributed by atoms with Gasteiger partial charge >= 0.3 is 5.97 Å². The van der Waals surface area contributed by atoms with Crippen LogP contribution in [0.15, 0.2) is 23.6 Å². The molecule has 24 heavy (non-hydrogen) atoms. The summed E-state index contributed by atoms with van der Waals surface area (Å²) in [7, 11) is 0. The molecule has 0 saturated heterocycles. The highest BCUT2D eigenvalue weighted by Crippen LogP contribution is 2.34. The van der Waals surface area contributed by atoms with Crippen LogP contribution in [0.4, 0.5) is 5.00 Å². The molecule has 0 bridgehead atoms. The number of carbonyl (C=O) groups is 2. The molecule has 0 aliphatic carbocycles. The molecule has 2 aromatic heterocycles. The van der Waals surface area contributed by atoms with E-state index in [2.05, 4.69) is 5.32 Å². The zero-order valence-electron chi connectivity index (χ0n) is 14.2. The molecule has 0 aromatic carbocycles. The normalized spacial score (nSPS) is 11.2. The Morgan fingerprint density at radius 3 is 2.71 bits per heavy atom. The summed E-state index contributed by atoms with van der Waals surface area (Å²) in [6.45, 7) is 7.56. The Morgan fingerprint density at radius 1 is 1.38 bits per heavy atom. The van der Waals surface area contributed by atoms with Crippen LogP contribution in [0.2, 0.25) is 0 Å². The lowest BCUT2D eigenvalue weighted by Gasteiger charge is -2.10. The van der Waals surface area contributed by atoms with E-state index in [9.17, 15) is 9.59 Å². The van der Waals surface area contributed by atoms with Crippen molar-refractivity contribution in [2.75, 3.05) is 5.32 Å². The number of esters is 1. The molecular weight excluding hydrogens is 342 g/mol. The Hall–Kier alpha value is -1.92. The summed E-state index contributed by atoms with van der Waals surface area (Å²) in [5.74, 6) is -0.644. The van der Waals surface area contributed by atoms with E-state index >= 15 is 0 Å². The monoisotopic (exact) mass is 363 g/mol. The molecule has 2 heterocycles. The van der Waals surface area contributed by atoms with Crippen molar-refractivity contribution < 1.29 is 14.3 Å². The van der Waals surface area contributed by atoms with Crippen LogP contribution >= 0.6 is 22.7 Å². The van der Waals surface area contributed by atoms with Gasteiger partial charge in [0.15, 0.2) is 0 Å². The number of ether oxygens (including phenoxy) is 1. The third-order valence-corrected chi connectivity index (χ3v) is 5.19. The van der Waals surface area contributed by atoms with Gasteiger partial charge in [-0.2, -0.15) is 0 Å². The molecule has 0 aliphatic heterocycles. The number of hydrogen-bond donors (Lipinski definition) is 1. The molecule has 0 atom stereocenters. The highest BCUT2D eigenvalue weighted by atomic mass is 32.1. The third kappa shape index (κ3) is 4.55. The number of carbonyl (C=O) groups excluding carboxylic acids is 2. The largest absolute Gasteiger partial charge is 0.459 e. The van der Waals surface area contributed by atoms with E-state index in [0.717, 1.165) is 15.3 Å². The van der Waals surface area contributed by atoms with Crippen LogP contribution in [-0.2, 0) is 16.0 Å². The van der Waals surface area contributed by atoms with E-state index in [4.69, 9.17) is 4.74 Å². The summed E-state index contributed by atoms with van der Waals surface area (Å²) in [4.78, 5) is 26.6. The average molecular weight is 364 g/mol. The number of thiophene rings is 2. The molecule has 6 heteroatoms. The van der Waals surface area contributed by atoms with E-state index < -0.39 is 0 Å². The van der Waals surface area contributed by atoms with Gasteiger partial charge in [0.25, 0.3) is 0 Å². The second-order valence-corrected chi connectivity index (χ2v) is 7.69. The summed E-state index contributed by atoms with van der Waals surface area (Å²) in [6, 6.07) is 3.86. The molecule has 2 rings (SSSR count). The first kappa shape index (κ1) is 18.4. The molecule has 1 N–H and O–H groups in total. The van der Waals surface area contributed by atoms with Crippen molar-refractivity contribution in [3.8, 4) is 0 Å². The van der Waals surface area contributed by atoms with E-state index in [-0.39, 0.29) is 18.0 Å². The Bertz CT molecular complexity index is 743. The fourth-order valence-corrected chi connectivity index (χ4v) is 4.03. The number of hydrogen-bond acceptors (Lipinski definition) is 5. The van der Waals surface area contributed by atoms with E-state index in [1.165, 1.54) is 17.4 Å². The molecule has 0 aliphatic rings. The van der Waals surface area contributed by atoms with Crippen molar-refractivity contribution in [2.45, 2.75) is 40.2 Å². The average Bonchev–Trinajstić information content (AvgIpc) is 3.11. The van der Waals surface area contributed by atoms with Crippen LogP contribution < -0.4 is 5.32 Å². The summed E-state index contributed by atoms with van der Waals surface area (Å²) >= 11 is 2.97. The lowest BCUT2D eigenvalue weighted by molar-refractivity contribution is -0.111. The number of amides is 1. The Labute approximate surface area is 150 Å². The van der Waals surface area contributed by atoms with E-state index in [0.29, 0.717) is 17.0 Å². The number of rotatable bonds is 6. The summed E-state index contributed by atoms with van der Waals surface area (Å²) in [6.07, 6.45) is 3.74. The van der Waals surface area contributed by atoms with Gasteiger partial charge in [0.05, 0.1) is 11.7 Å². The minimum absolute atomic E-state index is 0.204. The van der Waals surface area contributed by atoms with Crippen molar-refractivity contribution in [2.24, 2.45) is 0 Å². The fraction of sp³-hybridized carbons (Fsp3) is 0.333. The van der Waals surface area contributed by atoms with Gasteiger partial charge < -0.3 is 10.1 Å². The van der Waals surface area contributed by atoms with Crippen LogP contribution in [0, 0.1) is 6.92 Å². The minimum atomic E-state index is -0.385. The second kappa shape index (κ2) is 8.26. The lowest BCUT2D eigenvalue weighted by atomic mass is 10.1. The summed E-state index contributed by atoms with van der Waals surface area (Å²) in [5.41, 5.74) is 1.41. The second-order valence-electron chi connectivity index (χ2n) is 5.49. The molecule has 2 aromatic rings. The lowest BCUT2D eigenvalue weighted by Crippen LogP contribution is -2.16. The van der Waals surface area contributed by atoms with Gasteiger partial charge in [-0.3, -0.25) is 4.79 Å². The van der Waals surface area contributed by atoms with Crippen molar-refractivity contribution >= 4 is 45.6 Å². The quantitative estimate of drug-likeness (QED) is 0.587. The van der Waals surface area contributed by atoms with Crippen molar-refractivity contribution in [3.05, 3.63) is 44.5 Å². The van der Waals surface area contributed by atoms with E-state index in [1.54, 1.807) is 17.4 Å². The predicted molar refractivity (Wildman–Crippen MR) is 101 cm³/mol. The topological polar surface area (TPSA) is 55.4 Å². The summed E-state index contributed by atoms with van der Waals surface area (Å²) in [5, 5.41) is 5.32. The molecule has 0 radical (unpaired) electrons. The summed E-state index contributed by atoms with van der Waals surface area (Å²) < 4.78 is 5.33. The van der Waals surface area contributed by atoms with Crippen molar-refractivity contribution in [1.82, 2.24) is 0 Å². The van der Waals surface area contributed by atoms with Crippen LogP contribution in [0.3, 0.4) is 0 Å². The fourth-order valence-electron chi connectivity index (χ4n) is 2.28. The van der Waals surface area contributed by atoms with E-state index in [1.807, 2.05) is 45.2 Å². The van der Waals surface area contributed by atoms with Crippen molar-refractivity contribution in [3.63, 3.8) is 0 Å². The van der Waals surface area contributed by atoms with Gasteiger partial charge in [0.2, 0.25) is 5.91 Å². The molecule has 0 fully saturated rings. The first-order valence-electron chi connectivity index (χ1n) is 7.78. The molecule has 4 nitrogen and oxygen atoms in total. The van der Waals surface area contributed by atoms with Gasteiger partial charge in [-0.15, -0.1) is 22.7 Å². The first-order chi connectivity index (χ1) is 11.4. The molecule has 0 spiro atoms. The van der Waals surface area contributed by atoms with Crippen LogP contribution in [0.1, 0.15) is 46.4 Å². The Kier molecular flexibility index (Phi) is 6.34. The Morgan fingerprint density at radius 2 is 2.12 bits per heavy atom. The highest BCUT2D eigenvalue weighted by molar-refractivity contribution is 7.16. The minimum Gasteiger partial charge on any atom is -0.459 e. The zero-order valence-corrected chi connectivity index (χ0v) is 15.8. The van der Waals surface area contributed by atoms with Gasteiger partial charge in [0, 0.05) is 15.8 Å². The molecule has 0 saturated carbocycles. The number of anilines is 1. The standard InChI is InChI=1S/C18H21NO3S2/c1-5-14-12(4)24-17(16(14)18(21)22-11(2)3)19-15(20)9-8-13-7-6-10-23-13/h6-11H,5H2,1-4H3,(H,19,20)/b9-8-. The smallest absolute Gasteiger partial charge is 0.341 e. The van der Waals surface area contributed by atoms with Gasteiger partial charge in [-0.1, -0.05) is 13.0 Å². The first-order valence-corrected chi connectivity index (χ1v) is 9.47. The number of aryl methyl sites for hydroxylation is 1. The molecular formula is C18H21NO3S2. The number of nitrogens with one attached hydrogen (secondary N) is 1. The van der Waals surface area contributed by atoms with Gasteiger partial charge in [0.1, 0.15) is 5.00 Å². The third-order valence-electron chi connectivity index (χ3n) is 3.29. The van der Waals surface area contributed by atoms with Gasteiger partial charge in [-0.25, -0.2) is 4.79 Å². The maximum atomic E-state index is 12.4. The Balaban J connectivity index is 2.22.